The first-order valence-electron chi connectivity index (χ1n) is 11.9. The average molecular weight is 499 g/mol. The van der Waals surface area contributed by atoms with Crippen LogP contribution >= 0.6 is 0 Å². The fraction of sp³-hybridized carbons (Fsp3) is 0.385. The van der Waals surface area contributed by atoms with Crippen molar-refractivity contribution in [3.63, 3.8) is 0 Å². The number of carbonyl (C=O) groups is 2. The molecule has 0 radical (unpaired) electrons. The number of rotatable bonds is 11. The van der Waals surface area contributed by atoms with E-state index in [0.717, 1.165) is 16.5 Å². The largest absolute Gasteiger partial charge is 0.361 e. The molecule has 0 saturated carbocycles. The number of aromatic amines is 1. The lowest BCUT2D eigenvalue weighted by Crippen LogP contribution is -2.50. The van der Waals surface area contributed by atoms with Crippen molar-refractivity contribution in [2.75, 3.05) is 19.6 Å². The lowest BCUT2D eigenvalue weighted by atomic mass is 10.0. The molecule has 2 aromatic carbocycles. The van der Waals surface area contributed by atoms with Gasteiger partial charge in [-0.05, 0) is 42.2 Å². The van der Waals surface area contributed by atoms with Gasteiger partial charge in [0.05, 0.1) is 4.90 Å². The van der Waals surface area contributed by atoms with Crippen molar-refractivity contribution >= 4 is 32.7 Å². The van der Waals surface area contributed by atoms with Gasteiger partial charge in [0.1, 0.15) is 6.04 Å². The van der Waals surface area contributed by atoms with E-state index in [9.17, 15) is 18.0 Å². The Labute approximate surface area is 207 Å². The van der Waals surface area contributed by atoms with Gasteiger partial charge in [-0.15, -0.1) is 0 Å². The number of hydrogen-bond acceptors (Lipinski definition) is 4. The molecule has 35 heavy (non-hydrogen) atoms. The normalized spacial score (nSPS) is 12.7. The zero-order valence-electron chi connectivity index (χ0n) is 20.7. The van der Waals surface area contributed by atoms with Crippen LogP contribution in [0.25, 0.3) is 10.9 Å². The fourth-order valence-electron chi connectivity index (χ4n) is 4.04. The summed E-state index contributed by atoms with van der Waals surface area (Å²) in [6.45, 7) is 8.34. The molecule has 0 unspecified atom stereocenters. The zero-order valence-corrected chi connectivity index (χ0v) is 21.5. The Morgan fingerprint density at radius 2 is 1.74 bits per heavy atom. The van der Waals surface area contributed by atoms with E-state index >= 15 is 0 Å². The first-order chi connectivity index (χ1) is 16.7. The number of sulfonamides is 1. The van der Waals surface area contributed by atoms with Gasteiger partial charge in [-0.1, -0.05) is 52.0 Å². The first kappa shape index (κ1) is 26.4. The van der Waals surface area contributed by atoms with Gasteiger partial charge in [-0.3, -0.25) is 9.59 Å². The predicted octanol–water partition coefficient (Wildman–Crippen LogP) is 3.31. The van der Waals surface area contributed by atoms with Crippen LogP contribution in [-0.4, -0.2) is 55.2 Å². The Kier molecular flexibility index (Phi) is 8.69. The SMILES string of the molecule is CCN(CC)S(=O)(=O)c1cccc(C(=O)N[C@@H](C(=O)NCCc2c[nH]c3ccccc23)C(C)C)c1. The minimum absolute atomic E-state index is 0.0538. The summed E-state index contributed by atoms with van der Waals surface area (Å²) in [6, 6.07) is 13.1. The summed E-state index contributed by atoms with van der Waals surface area (Å²) in [5.41, 5.74) is 2.35. The van der Waals surface area contributed by atoms with Crippen LogP contribution in [0.1, 0.15) is 43.6 Å². The van der Waals surface area contributed by atoms with E-state index in [2.05, 4.69) is 15.6 Å². The lowest BCUT2D eigenvalue weighted by Gasteiger charge is -2.22. The van der Waals surface area contributed by atoms with Crippen LogP contribution in [0.2, 0.25) is 0 Å². The van der Waals surface area contributed by atoms with Gasteiger partial charge in [0.2, 0.25) is 15.9 Å². The van der Waals surface area contributed by atoms with E-state index in [1.807, 2.05) is 44.3 Å². The van der Waals surface area contributed by atoms with Crippen molar-refractivity contribution in [3.8, 4) is 0 Å². The summed E-state index contributed by atoms with van der Waals surface area (Å²) in [5, 5.41) is 6.82. The molecule has 188 valence electrons. The fourth-order valence-corrected chi connectivity index (χ4v) is 5.54. The molecule has 1 heterocycles. The second kappa shape index (κ2) is 11.5. The van der Waals surface area contributed by atoms with Crippen molar-refractivity contribution < 1.29 is 18.0 Å². The molecule has 0 fully saturated rings. The zero-order chi connectivity index (χ0) is 25.6. The maximum atomic E-state index is 13.0. The summed E-state index contributed by atoms with van der Waals surface area (Å²) in [5.74, 6) is -0.929. The molecule has 0 spiro atoms. The maximum Gasteiger partial charge on any atom is 0.251 e. The number of aromatic nitrogens is 1. The summed E-state index contributed by atoms with van der Waals surface area (Å²) in [4.78, 5) is 29.1. The van der Waals surface area contributed by atoms with Crippen LogP contribution in [-0.2, 0) is 21.2 Å². The molecule has 0 saturated heterocycles. The second-order valence-corrected chi connectivity index (χ2v) is 10.7. The number of nitrogens with one attached hydrogen (secondary N) is 3. The Hall–Kier alpha value is -3.17. The van der Waals surface area contributed by atoms with Crippen molar-refractivity contribution in [3.05, 3.63) is 65.9 Å². The Bertz CT molecular complexity index is 1280. The quantitative estimate of drug-likeness (QED) is 0.377. The maximum absolute atomic E-state index is 13.0. The lowest BCUT2D eigenvalue weighted by molar-refractivity contribution is -0.123. The van der Waals surface area contributed by atoms with Crippen LogP contribution in [0.4, 0.5) is 0 Å². The molecule has 2 amide bonds. The van der Waals surface area contributed by atoms with Crippen molar-refractivity contribution in [1.29, 1.82) is 0 Å². The number of H-pyrrole nitrogens is 1. The highest BCUT2D eigenvalue weighted by Crippen LogP contribution is 2.19. The van der Waals surface area contributed by atoms with E-state index < -0.39 is 22.0 Å². The number of fused-ring (bicyclic) bond motifs is 1. The molecular weight excluding hydrogens is 464 g/mol. The van der Waals surface area contributed by atoms with Crippen LogP contribution in [0.15, 0.2) is 59.6 Å². The van der Waals surface area contributed by atoms with E-state index in [0.29, 0.717) is 26.1 Å². The number of carbonyl (C=O) groups excluding carboxylic acids is 2. The number of nitrogens with zero attached hydrogens (tertiary/aromatic N) is 1. The Balaban J connectivity index is 1.66. The monoisotopic (exact) mass is 498 g/mol. The summed E-state index contributed by atoms with van der Waals surface area (Å²) in [7, 11) is -3.70. The standard InChI is InChI=1S/C26H34N4O4S/c1-5-30(6-2)35(33,34)21-11-9-10-19(16-21)25(31)29-24(18(3)4)26(32)27-15-14-20-17-28-23-13-8-7-12-22(20)23/h7-13,16-18,24,28H,5-6,14-15H2,1-4H3,(H,27,32)(H,29,31)/t24-/m1/s1. The topological polar surface area (TPSA) is 111 Å². The highest BCUT2D eigenvalue weighted by atomic mass is 32.2. The van der Waals surface area contributed by atoms with Gasteiger partial charge in [-0.2, -0.15) is 4.31 Å². The molecule has 1 aromatic heterocycles. The van der Waals surface area contributed by atoms with E-state index in [1.165, 1.54) is 22.5 Å². The first-order valence-corrected chi connectivity index (χ1v) is 13.4. The summed E-state index contributed by atoms with van der Waals surface area (Å²) >= 11 is 0. The molecule has 0 aliphatic heterocycles. The third-order valence-corrected chi connectivity index (χ3v) is 8.09. The van der Waals surface area contributed by atoms with Crippen molar-refractivity contribution in [2.24, 2.45) is 5.92 Å². The minimum atomic E-state index is -3.70. The number of benzene rings is 2. The summed E-state index contributed by atoms with van der Waals surface area (Å²) in [6.07, 6.45) is 2.59. The molecule has 3 N–H and O–H groups in total. The smallest absolute Gasteiger partial charge is 0.251 e. The van der Waals surface area contributed by atoms with Crippen molar-refractivity contribution in [2.45, 2.75) is 45.1 Å². The third-order valence-electron chi connectivity index (χ3n) is 6.04. The molecule has 0 aliphatic carbocycles. The van der Waals surface area contributed by atoms with Crippen LogP contribution in [0.5, 0.6) is 0 Å². The Morgan fingerprint density at radius 3 is 2.43 bits per heavy atom. The molecule has 0 aliphatic rings. The van der Waals surface area contributed by atoms with Gasteiger partial charge >= 0.3 is 0 Å². The predicted molar refractivity (Wildman–Crippen MR) is 138 cm³/mol. The molecule has 0 bridgehead atoms. The number of amides is 2. The molecule has 1 atom stereocenters. The average Bonchev–Trinajstić information content (AvgIpc) is 3.26. The van der Waals surface area contributed by atoms with Crippen molar-refractivity contribution in [1.82, 2.24) is 19.9 Å². The summed E-state index contributed by atoms with van der Waals surface area (Å²) < 4.78 is 27.0. The molecule has 3 rings (SSSR count). The van der Waals surface area contributed by atoms with Crippen LogP contribution in [0, 0.1) is 5.92 Å². The molecule has 8 nitrogen and oxygen atoms in total. The highest BCUT2D eigenvalue weighted by Gasteiger charge is 2.26. The van der Waals surface area contributed by atoms with Gasteiger partial charge in [0.15, 0.2) is 0 Å². The van der Waals surface area contributed by atoms with Gasteiger partial charge < -0.3 is 15.6 Å². The molecular formula is C26H34N4O4S. The van der Waals surface area contributed by atoms with E-state index in [4.69, 9.17) is 0 Å². The Morgan fingerprint density at radius 1 is 1.03 bits per heavy atom. The number of hydrogen-bond donors (Lipinski definition) is 3. The van der Waals surface area contributed by atoms with Crippen LogP contribution < -0.4 is 10.6 Å². The second-order valence-electron chi connectivity index (χ2n) is 8.71. The minimum Gasteiger partial charge on any atom is -0.361 e. The van der Waals surface area contributed by atoms with E-state index in [-0.39, 0.29) is 22.3 Å². The number of para-hydroxylation sites is 1. The van der Waals surface area contributed by atoms with E-state index in [1.54, 1.807) is 19.9 Å². The highest BCUT2D eigenvalue weighted by molar-refractivity contribution is 7.89. The van der Waals surface area contributed by atoms with Gasteiger partial charge in [0, 0.05) is 42.3 Å². The third kappa shape index (κ3) is 6.10. The van der Waals surface area contributed by atoms with Gasteiger partial charge in [0.25, 0.3) is 5.91 Å². The van der Waals surface area contributed by atoms with Crippen LogP contribution in [0.3, 0.4) is 0 Å². The van der Waals surface area contributed by atoms with Gasteiger partial charge in [-0.25, -0.2) is 8.42 Å². The molecule has 3 aromatic rings. The molecule has 9 heteroatoms.